The second-order valence-electron chi connectivity index (χ2n) is 7.50. The van der Waals surface area contributed by atoms with E-state index in [0.29, 0.717) is 10.6 Å². The van der Waals surface area contributed by atoms with Gasteiger partial charge in [-0.15, -0.1) is 11.3 Å². The number of carbonyl (C=O) groups is 2. The third-order valence-electron chi connectivity index (χ3n) is 5.34. The van der Waals surface area contributed by atoms with Gasteiger partial charge in [-0.3, -0.25) is 4.79 Å². The van der Waals surface area contributed by atoms with Gasteiger partial charge in [0.15, 0.2) is 6.10 Å². The highest BCUT2D eigenvalue weighted by Gasteiger charge is 2.27. The number of hydrogen-bond acceptors (Lipinski definition) is 5. The third-order valence-corrected chi connectivity index (χ3v) is 6.53. The quantitative estimate of drug-likeness (QED) is 0.599. The number of aryl methyl sites for hydroxylation is 2. The largest absolute Gasteiger partial charge is 0.448 e. The van der Waals surface area contributed by atoms with Crippen molar-refractivity contribution >= 4 is 23.2 Å². The zero-order valence-corrected chi connectivity index (χ0v) is 17.9. The predicted octanol–water partition coefficient (Wildman–Crippen LogP) is 4.86. The number of rotatable bonds is 5. The molecule has 2 atom stereocenters. The maximum atomic E-state index is 12.7. The van der Waals surface area contributed by atoms with Crippen molar-refractivity contribution in [3.05, 3.63) is 76.3 Å². The van der Waals surface area contributed by atoms with Crippen LogP contribution in [0.4, 0.5) is 0 Å². The van der Waals surface area contributed by atoms with Crippen LogP contribution in [0.15, 0.2) is 54.6 Å². The number of fused-ring (bicyclic) bond motifs is 1. The van der Waals surface area contributed by atoms with E-state index in [1.807, 2.05) is 42.5 Å². The Balaban J connectivity index is 1.42. The molecule has 30 heavy (non-hydrogen) atoms. The van der Waals surface area contributed by atoms with Gasteiger partial charge in [0.2, 0.25) is 0 Å². The van der Waals surface area contributed by atoms with Gasteiger partial charge in [0.05, 0.1) is 11.7 Å². The molecule has 0 saturated heterocycles. The van der Waals surface area contributed by atoms with Crippen molar-refractivity contribution in [2.45, 2.75) is 45.3 Å². The van der Waals surface area contributed by atoms with Crippen molar-refractivity contribution in [1.29, 1.82) is 0 Å². The van der Waals surface area contributed by atoms with E-state index in [1.165, 1.54) is 16.9 Å². The van der Waals surface area contributed by atoms with Crippen LogP contribution in [-0.4, -0.2) is 23.0 Å². The zero-order chi connectivity index (χ0) is 21.1. The molecule has 0 bridgehead atoms. The number of benzene rings is 2. The molecule has 0 unspecified atom stereocenters. The van der Waals surface area contributed by atoms with Crippen LogP contribution in [0.3, 0.4) is 0 Å². The molecule has 4 rings (SSSR count). The zero-order valence-electron chi connectivity index (χ0n) is 17.1. The fourth-order valence-electron chi connectivity index (χ4n) is 3.75. The molecule has 0 fully saturated rings. The Kier molecular flexibility index (Phi) is 5.95. The van der Waals surface area contributed by atoms with E-state index in [4.69, 9.17) is 4.74 Å². The van der Waals surface area contributed by atoms with Crippen LogP contribution in [-0.2, 0) is 16.0 Å². The summed E-state index contributed by atoms with van der Waals surface area (Å²) in [7, 11) is 0. The summed E-state index contributed by atoms with van der Waals surface area (Å²) >= 11 is 1.28. The van der Waals surface area contributed by atoms with Crippen molar-refractivity contribution in [2.24, 2.45) is 0 Å². The number of carbonyl (C=O) groups excluding carboxylic acids is 2. The van der Waals surface area contributed by atoms with E-state index in [1.54, 1.807) is 13.8 Å². The molecule has 1 aliphatic carbocycles. The summed E-state index contributed by atoms with van der Waals surface area (Å²) in [4.78, 5) is 30.3. The molecule has 154 valence electrons. The Hall–Kier alpha value is -2.99. The molecular formula is C24H24N2O3S. The molecule has 0 spiro atoms. The van der Waals surface area contributed by atoms with Gasteiger partial charge in [-0.2, -0.15) is 0 Å². The number of aromatic nitrogens is 1. The number of hydrogen-bond donors (Lipinski definition) is 1. The highest BCUT2D eigenvalue weighted by Crippen LogP contribution is 2.30. The third kappa shape index (κ3) is 4.28. The summed E-state index contributed by atoms with van der Waals surface area (Å²) in [6.45, 7) is 3.39. The Morgan fingerprint density at radius 1 is 1.13 bits per heavy atom. The maximum Gasteiger partial charge on any atom is 0.351 e. The Labute approximate surface area is 180 Å². The minimum atomic E-state index is -0.881. The number of amides is 1. The molecule has 5 nitrogen and oxygen atoms in total. The molecule has 1 aromatic heterocycles. The molecule has 3 aromatic rings. The van der Waals surface area contributed by atoms with E-state index in [9.17, 15) is 9.59 Å². The number of nitrogens with one attached hydrogen (secondary N) is 1. The Bertz CT molecular complexity index is 1060. The molecule has 0 saturated carbocycles. The average molecular weight is 421 g/mol. The first-order valence-corrected chi connectivity index (χ1v) is 11.0. The lowest BCUT2D eigenvalue weighted by Crippen LogP contribution is -2.39. The molecule has 6 heteroatoms. The van der Waals surface area contributed by atoms with E-state index in [0.717, 1.165) is 35.4 Å². The lowest BCUT2D eigenvalue weighted by molar-refractivity contribution is -0.130. The van der Waals surface area contributed by atoms with Gasteiger partial charge in [0, 0.05) is 5.56 Å². The topological polar surface area (TPSA) is 68.3 Å². The Morgan fingerprint density at radius 2 is 1.87 bits per heavy atom. The van der Waals surface area contributed by atoms with E-state index in [2.05, 4.69) is 22.4 Å². The summed E-state index contributed by atoms with van der Waals surface area (Å²) in [6.07, 6.45) is 2.06. The van der Waals surface area contributed by atoms with Crippen LogP contribution in [0, 0.1) is 6.92 Å². The summed E-state index contributed by atoms with van der Waals surface area (Å²) in [5.41, 5.74) is 3.98. The lowest BCUT2D eigenvalue weighted by Gasteiger charge is -2.27. The summed E-state index contributed by atoms with van der Waals surface area (Å²) in [5.74, 6) is -0.797. The molecule has 1 amide bonds. The van der Waals surface area contributed by atoms with E-state index >= 15 is 0 Å². The number of esters is 1. The highest BCUT2D eigenvalue weighted by atomic mass is 32.1. The minimum absolute atomic E-state index is 0.0431. The van der Waals surface area contributed by atoms with Crippen LogP contribution in [0.25, 0.3) is 10.6 Å². The first kappa shape index (κ1) is 20.3. The van der Waals surface area contributed by atoms with Crippen molar-refractivity contribution in [1.82, 2.24) is 10.3 Å². The first-order valence-electron chi connectivity index (χ1n) is 10.1. The fourth-order valence-corrected chi connectivity index (χ4v) is 4.71. The van der Waals surface area contributed by atoms with Crippen LogP contribution >= 0.6 is 11.3 Å². The molecule has 1 N–H and O–H groups in total. The molecule has 2 aromatic carbocycles. The maximum absolute atomic E-state index is 12.7. The summed E-state index contributed by atoms with van der Waals surface area (Å²) < 4.78 is 5.48. The van der Waals surface area contributed by atoms with Crippen molar-refractivity contribution in [3.63, 3.8) is 0 Å². The van der Waals surface area contributed by atoms with Crippen LogP contribution in [0.5, 0.6) is 0 Å². The SMILES string of the molecule is Cc1nc(-c2ccccc2)sc1C(=O)O[C@@H](C)C(=O)N[C@H]1CCCc2ccccc21. The second-order valence-corrected chi connectivity index (χ2v) is 8.50. The van der Waals surface area contributed by atoms with Gasteiger partial charge in [-0.05, 0) is 44.2 Å². The lowest BCUT2D eigenvalue weighted by atomic mass is 9.87. The van der Waals surface area contributed by atoms with Gasteiger partial charge in [-0.1, -0.05) is 54.6 Å². The molecular weight excluding hydrogens is 396 g/mol. The van der Waals surface area contributed by atoms with Crippen molar-refractivity contribution in [2.75, 3.05) is 0 Å². The second kappa shape index (κ2) is 8.79. The van der Waals surface area contributed by atoms with Gasteiger partial charge < -0.3 is 10.1 Å². The minimum Gasteiger partial charge on any atom is -0.448 e. The van der Waals surface area contributed by atoms with Gasteiger partial charge in [-0.25, -0.2) is 9.78 Å². The number of ether oxygens (including phenoxy) is 1. The molecule has 1 aliphatic rings. The summed E-state index contributed by atoms with van der Waals surface area (Å²) in [6, 6.07) is 17.8. The highest BCUT2D eigenvalue weighted by molar-refractivity contribution is 7.17. The van der Waals surface area contributed by atoms with Gasteiger partial charge >= 0.3 is 5.97 Å². The predicted molar refractivity (Wildman–Crippen MR) is 117 cm³/mol. The fraction of sp³-hybridized carbons (Fsp3) is 0.292. The summed E-state index contributed by atoms with van der Waals surface area (Å²) in [5, 5.41) is 3.81. The van der Waals surface area contributed by atoms with Crippen molar-refractivity contribution in [3.8, 4) is 10.6 Å². The number of nitrogens with zero attached hydrogens (tertiary/aromatic N) is 1. The molecule has 0 aliphatic heterocycles. The monoisotopic (exact) mass is 420 g/mol. The molecule has 0 radical (unpaired) electrons. The first-order chi connectivity index (χ1) is 14.5. The van der Waals surface area contributed by atoms with E-state index in [-0.39, 0.29) is 11.9 Å². The average Bonchev–Trinajstić information content (AvgIpc) is 3.16. The van der Waals surface area contributed by atoms with Gasteiger partial charge in [0.25, 0.3) is 5.91 Å². The van der Waals surface area contributed by atoms with Gasteiger partial charge in [0.1, 0.15) is 9.88 Å². The Morgan fingerprint density at radius 3 is 2.67 bits per heavy atom. The van der Waals surface area contributed by atoms with Crippen LogP contribution in [0.1, 0.15) is 52.3 Å². The standard InChI is InChI=1S/C24H24N2O3S/c1-15-21(30-23(25-15)18-10-4-3-5-11-18)24(28)29-16(2)22(27)26-20-14-8-12-17-9-6-7-13-19(17)20/h3-7,9-11,13,16,20H,8,12,14H2,1-2H3,(H,26,27)/t16-,20-/m0/s1. The smallest absolute Gasteiger partial charge is 0.351 e. The van der Waals surface area contributed by atoms with Crippen LogP contribution < -0.4 is 5.32 Å². The molecule has 1 heterocycles. The van der Waals surface area contributed by atoms with E-state index < -0.39 is 12.1 Å². The van der Waals surface area contributed by atoms with Crippen molar-refractivity contribution < 1.29 is 14.3 Å². The normalized spacial score (nSPS) is 16.4. The van der Waals surface area contributed by atoms with Crippen LogP contribution in [0.2, 0.25) is 0 Å². The number of thiazole rings is 1.